The van der Waals surface area contributed by atoms with Crippen LogP contribution < -0.4 is 31.1 Å². The average molecular weight is 1210 g/mol. The molecule has 402 valence electrons. The Kier molecular flexibility index (Phi) is 21.1. The first kappa shape index (κ1) is 62.3. The van der Waals surface area contributed by atoms with Crippen molar-refractivity contribution in [3.8, 4) is 33.4 Å². The monoisotopic (exact) mass is 1210 g/mol. The quantitative estimate of drug-likeness (QED) is 0.0845. The molecule has 0 bridgehead atoms. The van der Waals surface area contributed by atoms with Gasteiger partial charge in [0.05, 0.1) is 41.8 Å². The van der Waals surface area contributed by atoms with Gasteiger partial charge in [0, 0.05) is 0 Å². The van der Waals surface area contributed by atoms with E-state index in [2.05, 4.69) is 261 Å². The van der Waals surface area contributed by atoms with Gasteiger partial charge in [-0.05, 0) is 34.8 Å². The first-order valence-electron chi connectivity index (χ1n) is 28.1. The molecule has 0 N–H and O–H groups in total. The molecule has 0 spiro atoms. The molecule has 76 heavy (non-hydrogen) atoms. The topological polar surface area (TPSA) is 0 Å². The SMILES string of the molecule is CCC(C)c1cc2c(-c3cc([Si](C)(C)C)cc([Si](C)(C)C)c3)c(C(C)C)ccc2[cH-]1.CCC(C)c1cc2c(-c3cc([Si](C)(C)C)cc([Si](C)(C)C)c3)c(C(C)C)ccc2[cH-]1.[Cl][Zr][Cl].[c-]1cccc2c1[Si]c1ccccc1-2. The number of hydrogen-bond acceptors (Lipinski definition) is 0. The van der Waals surface area contributed by atoms with Gasteiger partial charge in [-0.1, -0.05) is 261 Å². The van der Waals surface area contributed by atoms with Gasteiger partial charge in [-0.25, -0.2) is 0 Å². The molecule has 0 saturated carbocycles. The molecule has 0 aromatic heterocycles. The fourth-order valence-electron chi connectivity index (χ4n) is 10.3. The zero-order valence-electron chi connectivity index (χ0n) is 50.1. The van der Waals surface area contributed by atoms with Crippen LogP contribution in [-0.2, 0) is 20.8 Å². The molecule has 0 nitrogen and oxygen atoms in total. The van der Waals surface area contributed by atoms with Crippen molar-refractivity contribution in [3.63, 3.8) is 0 Å². The van der Waals surface area contributed by atoms with Crippen molar-refractivity contribution in [2.75, 3.05) is 0 Å². The molecule has 9 rings (SSSR count). The predicted molar refractivity (Wildman–Crippen MR) is 355 cm³/mol. The zero-order valence-corrected chi connectivity index (χ0v) is 59.1. The zero-order chi connectivity index (χ0) is 56.2. The van der Waals surface area contributed by atoms with E-state index in [-0.39, 0.29) is 0 Å². The number of rotatable bonds is 12. The Bertz CT molecular complexity index is 2960. The normalized spacial score (nSPS) is 13.3. The van der Waals surface area contributed by atoms with Crippen LogP contribution >= 0.6 is 17.0 Å². The van der Waals surface area contributed by atoms with Crippen molar-refractivity contribution in [2.45, 2.75) is 170 Å². The molecule has 1 heterocycles. The van der Waals surface area contributed by atoms with Gasteiger partial charge in [0.15, 0.2) is 0 Å². The summed E-state index contributed by atoms with van der Waals surface area (Å²) >= 11 is -0.826. The molecule has 2 atom stereocenters. The van der Waals surface area contributed by atoms with Crippen LogP contribution in [0.25, 0.3) is 54.9 Å². The van der Waals surface area contributed by atoms with E-state index in [4.69, 9.17) is 17.0 Å². The van der Waals surface area contributed by atoms with Crippen molar-refractivity contribution in [3.05, 3.63) is 156 Å². The van der Waals surface area contributed by atoms with E-state index in [1.54, 1.807) is 20.7 Å². The standard InChI is InChI=1S/2C28H41Si2.C12H7Si.2ClH.Zr/c2*1-11-20(4)22-14-21-12-13-26(19(2)3)28(27(21)17-22)23-15-24(29(5,6)7)18-25(16-23)30(8,9)10;1-3-7-11-9(5-1)10-6-2-4-8-12(10)13-11;;;/h2*12-20H,11H2,1-10H3;1-7H;2*1H;/q3*-1;;;+2/p-2. The van der Waals surface area contributed by atoms with Gasteiger partial charge in [0.25, 0.3) is 0 Å². The second-order valence-electron chi connectivity index (χ2n) is 26.4. The van der Waals surface area contributed by atoms with Crippen LogP contribution in [0.15, 0.2) is 127 Å². The Balaban J connectivity index is 0.000000192. The van der Waals surface area contributed by atoms with Gasteiger partial charge in [-0.3, -0.25) is 0 Å². The van der Waals surface area contributed by atoms with Crippen molar-refractivity contribution in [2.24, 2.45) is 0 Å². The largest absolute Gasteiger partial charge is 0.184 e. The minimum atomic E-state index is -1.42. The Morgan fingerprint density at radius 2 is 0.855 bits per heavy atom. The van der Waals surface area contributed by atoms with Crippen molar-refractivity contribution in [1.29, 1.82) is 0 Å². The van der Waals surface area contributed by atoms with Crippen LogP contribution in [0.5, 0.6) is 0 Å². The molecule has 2 radical (unpaired) electrons. The van der Waals surface area contributed by atoms with E-state index < -0.39 is 53.1 Å². The van der Waals surface area contributed by atoms with E-state index in [9.17, 15) is 0 Å². The smallest absolute Gasteiger partial charge is 0.0920 e. The summed E-state index contributed by atoms with van der Waals surface area (Å²) in [7, 11) is 5.00. The van der Waals surface area contributed by atoms with Crippen LogP contribution in [0.2, 0.25) is 78.6 Å². The van der Waals surface area contributed by atoms with Gasteiger partial charge in [-0.15, -0.1) is 74.6 Å². The molecule has 1 aliphatic heterocycles. The summed E-state index contributed by atoms with van der Waals surface area (Å²) in [6.07, 6.45) is 2.38. The summed E-state index contributed by atoms with van der Waals surface area (Å²) in [5.74, 6) is 2.24. The Morgan fingerprint density at radius 1 is 0.487 bits per heavy atom. The third kappa shape index (κ3) is 14.9. The number of hydrogen-bond donors (Lipinski definition) is 0. The van der Waals surface area contributed by atoms with E-state index >= 15 is 0 Å². The van der Waals surface area contributed by atoms with Gasteiger partial charge >= 0.3 is 37.9 Å². The van der Waals surface area contributed by atoms with Crippen molar-refractivity contribution in [1.82, 2.24) is 0 Å². The molecule has 0 aliphatic carbocycles. The van der Waals surface area contributed by atoms with Crippen LogP contribution in [0.4, 0.5) is 0 Å². The summed E-state index contributed by atoms with van der Waals surface area (Å²) < 4.78 is 0. The molecule has 0 saturated heterocycles. The van der Waals surface area contributed by atoms with Gasteiger partial charge in [0.2, 0.25) is 0 Å². The molecule has 8 aromatic rings. The summed E-state index contributed by atoms with van der Waals surface area (Å²) in [6, 6.07) is 52.7. The van der Waals surface area contributed by atoms with Gasteiger partial charge in [-0.2, -0.15) is 41.6 Å². The third-order valence-corrected chi connectivity index (χ3v) is 25.2. The maximum absolute atomic E-state index is 4.93. The average Bonchev–Trinajstić information content (AvgIpc) is 4.11. The predicted octanol–water partition coefficient (Wildman–Crippen LogP) is 18.4. The Hall–Kier alpha value is -2.91. The molecule has 0 amide bonds. The van der Waals surface area contributed by atoms with E-state index in [0.717, 1.165) is 9.52 Å². The van der Waals surface area contributed by atoms with Gasteiger partial charge < -0.3 is 0 Å². The van der Waals surface area contributed by atoms with Crippen LogP contribution in [0.1, 0.15) is 114 Å². The number of halogens is 2. The summed E-state index contributed by atoms with van der Waals surface area (Å²) in [5, 5.41) is 14.9. The molecule has 8 heteroatoms. The molecular formula is C68H89Cl2Si5Zr-3. The summed E-state index contributed by atoms with van der Waals surface area (Å²) in [4.78, 5) is 0. The fraction of sp³-hybridized carbons (Fsp3) is 0.382. The third-order valence-electron chi connectivity index (χ3n) is 15.7. The van der Waals surface area contributed by atoms with Crippen LogP contribution in [-0.4, -0.2) is 41.8 Å². The van der Waals surface area contributed by atoms with Crippen LogP contribution in [0, 0.1) is 6.07 Å². The molecule has 8 aromatic carbocycles. The minimum absolute atomic E-state index is 0.511. The Labute approximate surface area is 487 Å². The maximum Gasteiger partial charge on any atom is 0.0920 e. The molecule has 0 fully saturated rings. The first-order chi connectivity index (χ1) is 35.5. The summed E-state index contributed by atoms with van der Waals surface area (Å²) in [5.41, 5.74) is 14.6. The number of benzene rings is 6. The maximum atomic E-state index is 4.93. The van der Waals surface area contributed by atoms with E-state index in [0.29, 0.717) is 23.7 Å². The molecule has 2 unspecified atom stereocenters. The van der Waals surface area contributed by atoms with Crippen molar-refractivity contribution >= 4 is 112 Å². The second kappa shape index (κ2) is 25.7. The fourth-order valence-corrected chi connectivity index (χ4v) is 16.6. The first-order valence-corrected chi connectivity index (χ1v) is 49.5. The second-order valence-corrected chi connectivity index (χ2v) is 51.7. The van der Waals surface area contributed by atoms with Crippen LogP contribution in [0.3, 0.4) is 0 Å². The van der Waals surface area contributed by atoms with E-state index in [1.165, 1.54) is 100 Å². The van der Waals surface area contributed by atoms with E-state index in [1.807, 2.05) is 6.07 Å². The number of fused-ring (bicyclic) bond motifs is 5. The molecule has 1 aliphatic rings. The van der Waals surface area contributed by atoms with Crippen molar-refractivity contribution < 1.29 is 20.8 Å². The Morgan fingerprint density at radius 3 is 1.21 bits per heavy atom. The minimum Gasteiger partial charge on any atom is -0.184 e. The van der Waals surface area contributed by atoms with Gasteiger partial charge in [0.1, 0.15) is 0 Å². The molecular weight excluding hydrogens is 1120 g/mol. The summed E-state index contributed by atoms with van der Waals surface area (Å²) in [6.45, 7) is 48.4.